The molecule has 3 N–H and O–H groups in total. The van der Waals surface area contributed by atoms with Gasteiger partial charge in [0, 0.05) is 22.6 Å². The van der Waals surface area contributed by atoms with Crippen molar-refractivity contribution in [2.24, 2.45) is 5.73 Å². The van der Waals surface area contributed by atoms with Crippen LogP contribution in [0.4, 0.5) is 4.39 Å². The lowest BCUT2D eigenvalue weighted by Crippen LogP contribution is -2.32. The summed E-state index contributed by atoms with van der Waals surface area (Å²) < 4.78 is 20.8. The van der Waals surface area contributed by atoms with Gasteiger partial charge in [-0.1, -0.05) is 0 Å². The van der Waals surface area contributed by atoms with Crippen LogP contribution in [0.2, 0.25) is 0 Å². The van der Waals surface area contributed by atoms with Crippen LogP contribution < -0.4 is 11.3 Å². The second-order valence-corrected chi connectivity index (χ2v) is 7.79. The molecule has 0 aliphatic carbocycles. The normalized spacial score (nSPS) is 16.9. The SMILES string of the molecule is Cc1cc2c(CCCN)c3c(nc2cc1F)-c1cc2c(c(=O)n1C3)COC(=O)C2O. The van der Waals surface area contributed by atoms with E-state index in [0.717, 1.165) is 22.9 Å². The second kappa shape index (κ2) is 6.72. The van der Waals surface area contributed by atoms with Crippen LogP contribution in [-0.4, -0.2) is 27.2 Å². The smallest absolute Gasteiger partial charge is 0.340 e. The van der Waals surface area contributed by atoms with E-state index in [0.29, 0.717) is 42.0 Å². The van der Waals surface area contributed by atoms with Crippen molar-refractivity contribution in [3.63, 3.8) is 0 Å². The molecule has 0 amide bonds. The topological polar surface area (TPSA) is 107 Å². The Morgan fingerprint density at radius 2 is 2.10 bits per heavy atom. The number of pyridine rings is 2. The number of esters is 1. The number of nitrogens with two attached hydrogens (primary N) is 1. The quantitative estimate of drug-likeness (QED) is 0.500. The van der Waals surface area contributed by atoms with Gasteiger partial charge in [0.2, 0.25) is 0 Å². The van der Waals surface area contributed by atoms with Crippen molar-refractivity contribution in [3.8, 4) is 11.4 Å². The van der Waals surface area contributed by atoms with E-state index < -0.39 is 12.1 Å². The highest BCUT2D eigenvalue weighted by molar-refractivity contribution is 5.89. The first-order valence-electron chi connectivity index (χ1n) is 9.84. The summed E-state index contributed by atoms with van der Waals surface area (Å²) in [5, 5.41) is 11.1. The molecule has 1 atom stereocenters. The van der Waals surface area contributed by atoms with Crippen LogP contribution in [0, 0.1) is 12.7 Å². The number of aliphatic hydroxyl groups is 1. The Morgan fingerprint density at radius 3 is 2.87 bits per heavy atom. The summed E-state index contributed by atoms with van der Waals surface area (Å²) in [7, 11) is 0. The fraction of sp³-hybridized carbons (Fsp3) is 0.318. The predicted octanol–water partition coefficient (Wildman–Crippen LogP) is 1.85. The van der Waals surface area contributed by atoms with Crippen molar-refractivity contribution in [1.29, 1.82) is 0 Å². The third kappa shape index (κ3) is 2.60. The number of aliphatic hydroxyl groups excluding tert-OH is 1. The zero-order chi connectivity index (χ0) is 21.2. The first-order chi connectivity index (χ1) is 14.4. The van der Waals surface area contributed by atoms with Crippen molar-refractivity contribution in [3.05, 3.63) is 62.2 Å². The van der Waals surface area contributed by atoms with E-state index in [-0.39, 0.29) is 29.1 Å². The van der Waals surface area contributed by atoms with E-state index in [1.54, 1.807) is 23.6 Å². The lowest BCUT2D eigenvalue weighted by Gasteiger charge is -2.21. The molecule has 0 radical (unpaired) electrons. The minimum atomic E-state index is -1.51. The molecule has 1 unspecified atom stereocenters. The number of cyclic esters (lactones) is 1. The molecule has 2 aromatic heterocycles. The van der Waals surface area contributed by atoms with Gasteiger partial charge < -0.3 is 20.1 Å². The lowest BCUT2D eigenvalue weighted by atomic mass is 9.95. The molecule has 5 rings (SSSR count). The van der Waals surface area contributed by atoms with Crippen LogP contribution in [-0.2, 0) is 29.1 Å². The molecule has 8 heteroatoms. The number of rotatable bonds is 3. The Balaban J connectivity index is 1.80. The predicted molar refractivity (Wildman–Crippen MR) is 107 cm³/mol. The number of nitrogens with zero attached hydrogens (tertiary/aromatic N) is 2. The Morgan fingerprint density at radius 1 is 1.30 bits per heavy atom. The highest BCUT2D eigenvalue weighted by Gasteiger charge is 2.34. The minimum Gasteiger partial charge on any atom is -0.458 e. The zero-order valence-corrected chi connectivity index (χ0v) is 16.4. The molecule has 2 aliphatic heterocycles. The second-order valence-electron chi connectivity index (χ2n) is 7.79. The molecule has 4 heterocycles. The average molecular weight is 409 g/mol. The maximum Gasteiger partial charge on any atom is 0.340 e. The van der Waals surface area contributed by atoms with E-state index in [9.17, 15) is 19.1 Å². The van der Waals surface area contributed by atoms with Crippen LogP contribution in [0.3, 0.4) is 0 Å². The van der Waals surface area contributed by atoms with E-state index in [1.807, 2.05) is 0 Å². The van der Waals surface area contributed by atoms with E-state index in [1.165, 1.54) is 6.07 Å². The molecule has 2 aliphatic rings. The van der Waals surface area contributed by atoms with E-state index in [4.69, 9.17) is 10.5 Å². The number of benzene rings is 1. The largest absolute Gasteiger partial charge is 0.458 e. The van der Waals surface area contributed by atoms with Gasteiger partial charge >= 0.3 is 5.97 Å². The minimum absolute atomic E-state index is 0.166. The van der Waals surface area contributed by atoms with Crippen LogP contribution in [0.15, 0.2) is 23.0 Å². The monoisotopic (exact) mass is 409 g/mol. The maximum absolute atomic E-state index is 14.3. The average Bonchev–Trinajstić information content (AvgIpc) is 3.08. The van der Waals surface area contributed by atoms with Crippen molar-refractivity contribution >= 4 is 16.9 Å². The van der Waals surface area contributed by atoms with Gasteiger partial charge in [0.15, 0.2) is 6.10 Å². The van der Waals surface area contributed by atoms with Gasteiger partial charge in [-0.3, -0.25) is 4.79 Å². The number of halogens is 1. The molecular weight excluding hydrogens is 389 g/mol. The maximum atomic E-state index is 14.3. The summed E-state index contributed by atoms with van der Waals surface area (Å²) in [6.45, 7) is 2.37. The van der Waals surface area contributed by atoms with Crippen molar-refractivity contribution in [1.82, 2.24) is 9.55 Å². The fourth-order valence-corrected chi connectivity index (χ4v) is 4.40. The summed E-state index contributed by atoms with van der Waals surface area (Å²) in [5.41, 5.74) is 9.94. The Bertz CT molecular complexity index is 1300. The Kier molecular flexibility index (Phi) is 4.23. The van der Waals surface area contributed by atoms with Crippen LogP contribution in [0.5, 0.6) is 0 Å². The van der Waals surface area contributed by atoms with Gasteiger partial charge in [0.25, 0.3) is 5.56 Å². The number of aromatic nitrogens is 2. The summed E-state index contributed by atoms with van der Waals surface area (Å²) in [4.78, 5) is 29.6. The molecule has 0 saturated carbocycles. The summed E-state index contributed by atoms with van der Waals surface area (Å²) in [5.74, 6) is -1.13. The molecule has 1 aromatic carbocycles. The Labute approximate surface area is 170 Å². The zero-order valence-electron chi connectivity index (χ0n) is 16.4. The van der Waals surface area contributed by atoms with Gasteiger partial charge in [0.05, 0.1) is 29.0 Å². The molecule has 154 valence electrons. The summed E-state index contributed by atoms with van der Waals surface area (Å²) in [6.07, 6.45) is -0.0888. The first kappa shape index (κ1) is 18.9. The van der Waals surface area contributed by atoms with E-state index in [2.05, 4.69) is 4.98 Å². The van der Waals surface area contributed by atoms with Crippen molar-refractivity contribution in [2.75, 3.05) is 6.54 Å². The van der Waals surface area contributed by atoms with Gasteiger partial charge in [-0.2, -0.15) is 0 Å². The van der Waals surface area contributed by atoms with Gasteiger partial charge in [-0.25, -0.2) is 14.2 Å². The number of carbonyl (C=O) groups excluding carboxylic acids is 1. The molecule has 7 nitrogen and oxygen atoms in total. The highest BCUT2D eigenvalue weighted by Crippen LogP contribution is 2.38. The molecule has 0 bridgehead atoms. The molecule has 3 aromatic rings. The van der Waals surface area contributed by atoms with Crippen LogP contribution >= 0.6 is 0 Å². The van der Waals surface area contributed by atoms with Gasteiger partial charge in [-0.15, -0.1) is 0 Å². The van der Waals surface area contributed by atoms with Crippen LogP contribution in [0.1, 0.15) is 40.3 Å². The standard InChI is InChI=1S/C22H20FN3O4/c1-10-5-12-11(3-2-4-24)14-8-26-18(19(14)25-17(12)7-16(10)23)6-13-15(21(26)28)9-30-22(29)20(13)27/h5-7,20,27H,2-4,8-9,24H2,1H3. The molecule has 30 heavy (non-hydrogen) atoms. The first-order valence-corrected chi connectivity index (χ1v) is 9.84. The number of hydrogen-bond acceptors (Lipinski definition) is 6. The Hall–Kier alpha value is -3.10. The molecule has 0 fully saturated rings. The van der Waals surface area contributed by atoms with E-state index >= 15 is 0 Å². The molecule has 0 saturated heterocycles. The van der Waals surface area contributed by atoms with Gasteiger partial charge in [-0.05, 0) is 49.6 Å². The van der Waals surface area contributed by atoms with Crippen LogP contribution in [0.25, 0.3) is 22.3 Å². The summed E-state index contributed by atoms with van der Waals surface area (Å²) in [6, 6.07) is 4.82. The third-order valence-corrected chi connectivity index (χ3v) is 5.99. The fourth-order valence-electron chi connectivity index (χ4n) is 4.40. The molecule has 0 spiro atoms. The molecular formula is C22H20FN3O4. The number of carbonyl (C=O) groups is 1. The lowest BCUT2D eigenvalue weighted by molar-refractivity contribution is -0.157. The highest BCUT2D eigenvalue weighted by atomic mass is 19.1. The van der Waals surface area contributed by atoms with Crippen molar-refractivity contribution in [2.45, 2.75) is 39.0 Å². The summed E-state index contributed by atoms with van der Waals surface area (Å²) >= 11 is 0. The van der Waals surface area contributed by atoms with Gasteiger partial charge in [0.1, 0.15) is 12.4 Å². The third-order valence-electron chi connectivity index (χ3n) is 5.99. The number of ether oxygens (including phenoxy) is 1. The number of fused-ring (bicyclic) bond motifs is 5. The number of aryl methyl sites for hydroxylation is 2. The number of hydrogen-bond donors (Lipinski definition) is 2. The van der Waals surface area contributed by atoms with Crippen molar-refractivity contribution < 1.29 is 19.0 Å².